The van der Waals surface area contributed by atoms with Crippen molar-refractivity contribution in [1.29, 1.82) is 0 Å². The minimum absolute atomic E-state index is 0.338. The minimum Gasteiger partial charge on any atom is -0.458 e. The highest BCUT2D eigenvalue weighted by molar-refractivity contribution is 5.87. The molecule has 0 saturated heterocycles. The van der Waals surface area contributed by atoms with Gasteiger partial charge in [0, 0.05) is 0 Å². The molecule has 0 fully saturated rings. The molecule has 0 spiro atoms. The van der Waals surface area contributed by atoms with Crippen LogP contribution < -0.4 is 16.8 Å². The Morgan fingerprint density at radius 1 is 1.26 bits per heavy atom. The molecule has 6 heteroatoms. The van der Waals surface area contributed by atoms with Crippen molar-refractivity contribution >= 4 is 11.9 Å². The number of unbranched alkanes of at least 4 members (excludes halogenated alkanes) is 1. The number of nitrogens with two attached hydrogens (primary N) is 2. The molecular formula is C13H27N3O3. The highest BCUT2D eigenvalue weighted by Crippen LogP contribution is 2.08. The van der Waals surface area contributed by atoms with E-state index in [1.807, 2.05) is 0 Å². The van der Waals surface area contributed by atoms with Gasteiger partial charge in [0.1, 0.15) is 11.6 Å². The molecule has 0 rings (SSSR count). The summed E-state index contributed by atoms with van der Waals surface area (Å²) in [7, 11) is 0. The molecule has 19 heavy (non-hydrogen) atoms. The van der Waals surface area contributed by atoms with Gasteiger partial charge in [-0.2, -0.15) is 0 Å². The fourth-order valence-corrected chi connectivity index (χ4v) is 1.41. The lowest BCUT2D eigenvalue weighted by atomic mass is 10.1. The number of amides is 1. The Morgan fingerprint density at radius 3 is 2.32 bits per heavy atom. The summed E-state index contributed by atoms with van der Waals surface area (Å²) < 4.78 is 5.17. The van der Waals surface area contributed by atoms with Crippen LogP contribution in [-0.4, -0.2) is 36.1 Å². The standard InChI is InChI=1S/C13H27N3O3/c1-9(12(18)19-13(2,3)4)16-11(17)10(15)7-5-6-8-14/h9-10H,5-8,14-15H2,1-4H3,(H,16,17)/t9-,10-/m0/s1. The average Bonchev–Trinajstić information content (AvgIpc) is 2.26. The molecular weight excluding hydrogens is 246 g/mol. The van der Waals surface area contributed by atoms with E-state index in [1.54, 1.807) is 27.7 Å². The van der Waals surface area contributed by atoms with Crippen molar-refractivity contribution in [3.63, 3.8) is 0 Å². The summed E-state index contributed by atoms with van der Waals surface area (Å²) in [6.45, 7) is 7.50. The van der Waals surface area contributed by atoms with Gasteiger partial charge in [0.15, 0.2) is 0 Å². The molecule has 0 aromatic rings. The molecule has 0 aliphatic heterocycles. The third kappa shape index (κ3) is 8.56. The van der Waals surface area contributed by atoms with E-state index in [2.05, 4.69) is 5.32 Å². The number of nitrogens with one attached hydrogen (secondary N) is 1. The van der Waals surface area contributed by atoms with Gasteiger partial charge >= 0.3 is 5.97 Å². The smallest absolute Gasteiger partial charge is 0.328 e. The van der Waals surface area contributed by atoms with Crippen molar-refractivity contribution in [1.82, 2.24) is 5.32 Å². The van der Waals surface area contributed by atoms with E-state index >= 15 is 0 Å². The first-order valence-corrected chi connectivity index (χ1v) is 6.66. The zero-order valence-corrected chi connectivity index (χ0v) is 12.4. The average molecular weight is 273 g/mol. The summed E-state index contributed by atoms with van der Waals surface area (Å²) in [4.78, 5) is 23.4. The van der Waals surface area contributed by atoms with Gasteiger partial charge in [-0.3, -0.25) is 4.79 Å². The quantitative estimate of drug-likeness (QED) is 0.456. The van der Waals surface area contributed by atoms with Crippen molar-refractivity contribution < 1.29 is 14.3 Å². The summed E-state index contributed by atoms with van der Waals surface area (Å²) in [6.07, 6.45) is 2.19. The molecule has 0 aromatic carbocycles. The zero-order valence-electron chi connectivity index (χ0n) is 12.4. The Hall–Kier alpha value is -1.14. The first-order chi connectivity index (χ1) is 8.67. The maximum Gasteiger partial charge on any atom is 0.328 e. The molecule has 0 heterocycles. The zero-order chi connectivity index (χ0) is 15.1. The van der Waals surface area contributed by atoms with Crippen molar-refractivity contribution in [2.45, 2.75) is 64.6 Å². The fourth-order valence-electron chi connectivity index (χ4n) is 1.41. The number of carbonyl (C=O) groups excluding carboxylic acids is 2. The van der Waals surface area contributed by atoms with Crippen LogP contribution in [-0.2, 0) is 14.3 Å². The number of carbonyl (C=O) groups is 2. The van der Waals surface area contributed by atoms with Gasteiger partial charge in [-0.1, -0.05) is 6.42 Å². The Kier molecular flexibility index (Phi) is 7.63. The van der Waals surface area contributed by atoms with E-state index in [0.29, 0.717) is 13.0 Å². The SMILES string of the molecule is C[C@H](NC(=O)[C@@H](N)CCCCN)C(=O)OC(C)(C)C. The van der Waals surface area contributed by atoms with Crippen molar-refractivity contribution in [2.75, 3.05) is 6.54 Å². The first kappa shape index (κ1) is 17.9. The molecule has 0 aliphatic carbocycles. The number of rotatable bonds is 7. The second kappa shape index (κ2) is 8.12. The van der Waals surface area contributed by atoms with Crippen LogP contribution in [0.15, 0.2) is 0 Å². The molecule has 1 amide bonds. The van der Waals surface area contributed by atoms with E-state index in [1.165, 1.54) is 0 Å². The number of hydrogen-bond acceptors (Lipinski definition) is 5. The van der Waals surface area contributed by atoms with Crippen LogP contribution in [0.3, 0.4) is 0 Å². The lowest BCUT2D eigenvalue weighted by Gasteiger charge is -2.23. The molecule has 0 aromatic heterocycles. The summed E-state index contributed by atoms with van der Waals surface area (Å²) in [6, 6.07) is -1.32. The molecule has 0 radical (unpaired) electrons. The Balaban J connectivity index is 4.13. The van der Waals surface area contributed by atoms with Crippen molar-refractivity contribution in [2.24, 2.45) is 11.5 Å². The third-order valence-electron chi connectivity index (χ3n) is 2.43. The molecule has 5 N–H and O–H groups in total. The largest absolute Gasteiger partial charge is 0.458 e. The van der Waals surface area contributed by atoms with Crippen molar-refractivity contribution in [3.05, 3.63) is 0 Å². The van der Waals surface area contributed by atoms with Crippen molar-refractivity contribution in [3.8, 4) is 0 Å². The van der Waals surface area contributed by atoms with E-state index in [0.717, 1.165) is 12.8 Å². The van der Waals surface area contributed by atoms with E-state index in [4.69, 9.17) is 16.2 Å². The minimum atomic E-state index is -0.702. The predicted octanol–water partition coefficient (Wildman–Crippen LogP) is 0.289. The summed E-state index contributed by atoms with van der Waals surface area (Å²) in [5.41, 5.74) is 10.5. The maximum atomic E-state index is 11.7. The van der Waals surface area contributed by atoms with Crippen LogP contribution >= 0.6 is 0 Å². The van der Waals surface area contributed by atoms with E-state index in [-0.39, 0.29) is 5.91 Å². The third-order valence-corrected chi connectivity index (χ3v) is 2.43. The number of ether oxygens (including phenoxy) is 1. The monoisotopic (exact) mass is 273 g/mol. The Bertz CT molecular complexity index is 300. The maximum absolute atomic E-state index is 11.7. The lowest BCUT2D eigenvalue weighted by molar-refractivity contribution is -0.158. The van der Waals surface area contributed by atoms with Gasteiger partial charge in [-0.15, -0.1) is 0 Å². The van der Waals surface area contributed by atoms with Gasteiger partial charge < -0.3 is 21.5 Å². The molecule has 6 nitrogen and oxygen atoms in total. The van der Waals surface area contributed by atoms with Gasteiger partial charge in [-0.25, -0.2) is 4.79 Å². The molecule has 0 unspecified atom stereocenters. The highest BCUT2D eigenvalue weighted by atomic mass is 16.6. The summed E-state index contributed by atoms with van der Waals surface area (Å²) in [5.74, 6) is -0.801. The molecule has 0 saturated carbocycles. The van der Waals surface area contributed by atoms with Crippen LogP contribution in [0.4, 0.5) is 0 Å². The summed E-state index contributed by atoms with van der Waals surface area (Å²) >= 11 is 0. The molecule has 0 aliphatic rings. The molecule has 2 atom stereocenters. The second-order valence-electron chi connectivity index (χ2n) is 5.65. The normalized spacial score (nSPS) is 14.6. The van der Waals surface area contributed by atoms with Gasteiger partial charge in [0.05, 0.1) is 6.04 Å². The molecule has 0 bridgehead atoms. The van der Waals surface area contributed by atoms with Gasteiger partial charge in [0.25, 0.3) is 0 Å². The van der Waals surface area contributed by atoms with Crippen LogP contribution in [0.25, 0.3) is 0 Å². The van der Waals surface area contributed by atoms with Crippen LogP contribution in [0.1, 0.15) is 47.0 Å². The van der Waals surface area contributed by atoms with Gasteiger partial charge in [-0.05, 0) is 47.1 Å². The topological polar surface area (TPSA) is 107 Å². The highest BCUT2D eigenvalue weighted by Gasteiger charge is 2.24. The summed E-state index contributed by atoms with van der Waals surface area (Å²) in [5, 5.41) is 2.56. The van der Waals surface area contributed by atoms with E-state index < -0.39 is 23.7 Å². The van der Waals surface area contributed by atoms with Crippen LogP contribution in [0.5, 0.6) is 0 Å². The number of esters is 1. The number of hydrogen-bond donors (Lipinski definition) is 3. The van der Waals surface area contributed by atoms with Gasteiger partial charge in [0.2, 0.25) is 5.91 Å². The first-order valence-electron chi connectivity index (χ1n) is 6.66. The van der Waals surface area contributed by atoms with Crippen LogP contribution in [0, 0.1) is 0 Å². The Morgan fingerprint density at radius 2 is 1.84 bits per heavy atom. The van der Waals surface area contributed by atoms with E-state index in [9.17, 15) is 9.59 Å². The molecule has 112 valence electrons. The fraction of sp³-hybridized carbons (Fsp3) is 0.846. The second-order valence-corrected chi connectivity index (χ2v) is 5.65. The lowest BCUT2D eigenvalue weighted by Crippen LogP contribution is -2.48. The predicted molar refractivity (Wildman–Crippen MR) is 74.3 cm³/mol. The van der Waals surface area contributed by atoms with Crippen LogP contribution in [0.2, 0.25) is 0 Å². The Labute approximate surface area is 115 Å².